The number of benzene rings is 1. The van der Waals surface area contributed by atoms with Gasteiger partial charge in [0.2, 0.25) is 0 Å². The topological polar surface area (TPSA) is 15.3 Å². The third kappa shape index (κ3) is 3.08. The summed E-state index contributed by atoms with van der Waals surface area (Å²) in [7, 11) is 0. The molecule has 0 spiro atoms. The summed E-state index contributed by atoms with van der Waals surface area (Å²) in [6, 6.07) is 5.94. The number of nitrogens with zero attached hydrogens (tertiary/aromatic N) is 1. The lowest BCUT2D eigenvalue weighted by atomic mass is 9.96. The van der Waals surface area contributed by atoms with Gasteiger partial charge in [-0.15, -0.1) is 0 Å². The second-order valence-corrected chi connectivity index (χ2v) is 7.72. The normalized spacial score (nSPS) is 28.2. The molecule has 5 heteroatoms. The van der Waals surface area contributed by atoms with E-state index in [0.717, 1.165) is 16.7 Å². The molecule has 0 radical (unpaired) electrons. The number of halogens is 3. The van der Waals surface area contributed by atoms with E-state index in [4.69, 9.17) is 23.2 Å². The summed E-state index contributed by atoms with van der Waals surface area (Å²) in [6.45, 7) is 3.34. The Morgan fingerprint density at radius 3 is 2.48 bits per heavy atom. The first-order valence-electron chi connectivity index (χ1n) is 7.77. The first kappa shape index (κ1) is 15.9. The Morgan fingerprint density at radius 1 is 1.19 bits per heavy atom. The zero-order valence-corrected chi connectivity index (χ0v) is 15.3. The number of hydrogen-bond donors (Lipinski definition) is 1. The molecule has 0 saturated carbocycles. The monoisotopic (exact) mass is 390 g/mol. The van der Waals surface area contributed by atoms with Crippen LogP contribution in [0.4, 0.5) is 5.69 Å². The van der Waals surface area contributed by atoms with Crippen molar-refractivity contribution in [3.8, 4) is 0 Å². The average molecular weight is 392 g/mol. The van der Waals surface area contributed by atoms with Gasteiger partial charge in [-0.05, 0) is 66.7 Å². The summed E-state index contributed by atoms with van der Waals surface area (Å²) >= 11 is 16.2. The van der Waals surface area contributed by atoms with Gasteiger partial charge in [0.1, 0.15) is 0 Å². The van der Waals surface area contributed by atoms with E-state index >= 15 is 0 Å². The summed E-state index contributed by atoms with van der Waals surface area (Å²) in [5.74, 6) is 0. The zero-order chi connectivity index (χ0) is 15.0. The van der Waals surface area contributed by atoms with E-state index in [1.807, 2.05) is 6.07 Å². The fourth-order valence-corrected chi connectivity index (χ4v) is 4.67. The van der Waals surface area contributed by atoms with Crippen molar-refractivity contribution in [1.82, 2.24) is 5.32 Å². The van der Waals surface area contributed by atoms with E-state index in [0.29, 0.717) is 28.2 Å². The predicted octanol–water partition coefficient (Wildman–Crippen LogP) is 5.26. The van der Waals surface area contributed by atoms with Crippen molar-refractivity contribution in [2.75, 3.05) is 11.4 Å². The molecule has 2 aliphatic heterocycles. The third-order valence-corrected chi connectivity index (χ3v) is 6.47. The van der Waals surface area contributed by atoms with Crippen molar-refractivity contribution in [3.05, 3.63) is 26.7 Å². The predicted molar refractivity (Wildman–Crippen MR) is 94.8 cm³/mol. The summed E-state index contributed by atoms with van der Waals surface area (Å²) in [5, 5.41) is 4.99. The smallest absolute Gasteiger partial charge is 0.0837 e. The van der Waals surface area contributed by atoms with Gasteiger partial charge in [0.05, 0.1) is 15.7 Å². The van der Waals surface area contributed by atoms with E-state index in [1.165, 1.54) is 32.1 Å². The lowest BCUT2D eigenvalue weighted by molar-refractivity contribution is 0.357. The Bertz CT molecular complexity index is 509. The Kier molecular flexibility index (Phi) is 5.04. The maximum atomic E-state index is 6.49. The number of piperidine rings is 1. The molecule has 0 aliphatic carbocycles. The summed E-state index contributed by atoms with van der Waals surface area (Å²) < 4.78 is 0.866. The molecule has 3 rings (SSSR count). The largest absolute Gasteiger partial charge is 0.364 e. The molecule has 0 aromatic heterocycles. The molecule has 2 unspecified atom stereocenters. The Labute approximate surface area is 145 Å². The Balaban J connectivity index is 1.81. The highest BCUT2D eigenvalue weighted by atomic mass is 79.9. The molecule has 2 fully saturated rings. The van der Waals surface area contributed by atoms with Crippen molar-refractivity contribution in [2.24, 2.45) is 0 Å². The SMILES string of the molecule is CCCNC1CC2CCC(C1)N2c1ccc(Br)c(Cl)c1Cl. The van der Waals surface area contributed by atoms with E-state index in [-0.39, 0.29) is 0 Å². The number of hydrogen-bond acceptors (Lipinski definition) is 2. The number of fused-ring (bicyclic) bond motifs is 2. The first-order valence-corrected chi connectivity index (χ1v) is 9.32. The molecular formula is C16H21BrCl2N2. The van der Waals surface area contributed by atoms with Crippen LogP contribution in [0.15, 0.2) is 16.6 Å². The van der Waals surface area contributed by atoms with Crippen LogP contribution in [0.5, 0.6) is 0 Å². The lowest BCUT2D eigenvalue weighted by Gasteiger charge is -2.41. The van der Waals surface area contributed by atoms with Crippen LogP contribution in [0.3, 0.4) is 0 Å². The molecule has 1 aromatic rings. The molecule has 1 aromatic carbocycles. The fraction of sp³-hybridized carbons (Fsp3) is 0.625. The maximum Gasteiger partial charge on any atom is 0.0837 e. The van der Waals surface area contributed by atoms with E-state index < -0.39 is 0 Å². The minimum atomic E-state index is 0.591. The second-order valence-electron chi connectivity index (χ2n) is 6.11. The van der Waals surface area contributed by atoms with Gasteiger partial charge in [-0.25, -0.2) is 0 Å². The molecule has 2 saturated heterocycles. The molecule has 21 heavy (non-hydrogen) atoms. The van der Waals surface area contributed by atoms with Crippen molar-refractivity contribution in [3.63, 3.8) is 0 Å². The average Bonchev–Trinajstić information content (AvgIpc) is 2.74. The van der Waals surface area contributed by atoms with Crippen LogP contribution in [0.1, 0.15) is 39.0 Å². The van der Waals surface area contributed by atoms with Gasteiger partial charge < -0.3 is 10.2 Å². The van der Waals surface area contributed by atoms with Crippen molar-refractivity contribution in [2.45, 2.75) is 57.2 Å². The molecule has 2 nitrogen and oxygen atoms in total. The van der Waals surface area contributed by atoms with Crippen LogP contribution < -0.4 is 10.2 Å². The van der Waals surface area contributed by atoms with Gasteiger partial charge in [0, 0.05) is 22.6 Å². The maximum absolute atomic E-state index is 6.49. The lowest BCUT2D eigenvalue weighted by Crippen LogP contribution is -2.49. The number of anilines is 1. The van der Waals surface area contributed by atoms with Crippen LogP contribution in [-0.4, -0.2) is 24.7 Å². The van der Waals surface area contributed by atoms with Crippen molar-refractivity contribution >= 4 is 44.8 Å². The van der Waals surface area contributed by atoms with E-state index in [1.54, 1.807) is 0 Å². The second kappa shape index (κ2) is 6.66. The quantitative estimate of drug-likeness (QED) is 0.704. The van der Waals surface area contributed by atoms with Crippen LogP contribution in [0, 0.1) is 0 Å². The Hall–Kier alpha value is 0.0400. The molecular weight excluding hydrogens is 371 g/mol. The van der Waals surface area contributed by atoms with Crippen molar-refractivity contribution < 1.29 is 0 Å². The third-order valence-electron chi connectivity index (χ3n) is 4.71. The standard InChI is InChI=1S/C16H21BrCl2N2/c1-2-7-20-10-8-11-3-4-12(9-10)21(11)14-6-5-13(17)15(18)16(14)19/h5-6,10-12,20H,2-4,7-9H2,1H3. The van der Waals surface area contributed by atoms with Crippen LogP contribution in [0.25, 0.3) is 0 Å². The van der Waals surface area contributed by atoms with Gasteiger partial charge in [-0.1, -0.05) is 30.1 Å². The van der Waals surface area contributed by atoms with Gasteiger partial charge >= 0.3 is 0 Å². The van der Waals surface area contributed by atoms with Crippen LogP contribution >= 0.6 is 39.1 Å². The number of nitrogens with one attached hydrogen (secondary N) is 1. The molecule has 116 valence electrons. The first-order chi connectivity index (χ1) is 10.1. The highest BCUT2D eigenvalue weighted by molar-refractivity contribution is 9.10. The van der Waals surface area contributed by atoms with Crippen LogP contribution in [0.2, 0.25) is 10.0 Å². The molecule has 2 heterocycles. The van der Waals surface area contributed by atoms with Gasteiger partial charge in [-0.3, -0.25) is 0 Å². The molecule has 1 N–H and O–H groups in total. The van der Waals surface area contributed by atoms with Gasteiger partial charge in [-0.2, -0.15) is 0 Å². The molecule has 2 atom stereocenters. The number of rotatable bonds is 4. The zero-order valence-electron chi connectivity index (χ0n) is 12.2. The van der Waals surface area contributed by atoms with E-state index in [9.17, 15) is 0 Å². The van der Waals surface area contributed by atoms with Crippen LogP contribution in [-0.2, 0) is 0 Å². The highest BCUT2D eigenvalue weighted by Gasteiger charge is 2.41. The molecule has 0 amide bonds. The molecule has 2 bridgehead atoms. The Morgan fingerprint density at radius 2 is 1.86 bits per heavy atom. The summed E-state index contributed by atoms with van der Waals surface area (Å²) in [5.41, 5.74) is 1.10. The van der Waals surface area contributed by atoms with Crippen molar-refractivity contribution in [1.29, 1.82) is 0 Å². The molecule has 2 aliphatic rings. The fourth-order valence-electron chi connectivity index (χ4n) is 3.80. The summed E-state index contributed by atoms with van der Waals surface area (Å²) in [6.07, 6.45) is 6.14. The minimum Gasteiger partial charge on any atom is -0.364 e. The summed E-state index contributed by atoms with van der Waals surface area (Å²) in [4.78, 5) is 2.52. The van der Waals surface area contributed by atoms with Gasteiger partial charge in [0.25, 0.3) is 0 Å². The highest BCUT2D eigenvalue weighted by Crippen LogP contribution is 2.45. The van der Waals surface area contributed by atoms with E-state index in [2.05, 4.69) is 39.1 Å². The van der Waals surface area contributed by atoms with Gasteiger partial charge in [0.15, 0.2) is 0 Å². The minimum absolute atomic E-state index is 0.591.